The van der Waals surface area contributed by atoms with Crippen molar-refractivity contribution in [1.29, 1.82) is 5.26 Å². The molecule has 1 saturated heterocycles. The van der Waals surface area contributed by atoms with E-state index >= 15 is 0 Å². The molecule has 9 nitrogen and oxygen atoms in total. The molecule has 1 unspecified atom stereocenters. The smallest absolute Gasteiger partial charge is 0.447 e. The molecule has 0 saturated carbocycles. The SMILES string of the molecule is CC(C)(C)C=C(C#N)C(=O)N1CCOC[C@@H]1COC(=O)NC(Cc1ccccc1)B(O)O. The van der Waals surface area contributed by atoms with Gasteiger partial charge in [-0.2, -0.15) is 5.26 Å². The summed E-state index contributed by atoms with van der Waals surface area (Å²) in [5, 5.41) is 31.1. The average molecular weight is 443 g/mol. The number of rotatable bonds is 7. The number of hydrogen-bond acceptors (Lipinski definition) is 7. The van der Waals surface area contributed by atoms with Crippen LogP contribution in [0.2, 0.25) is 0 Å². The van der Waals surface area contributed by atoms with Gasteiger partial charge < -0.3 is 29.7 Å². The first-order chi connectivity index (χ1) is 15.1. The van der Waals surface area contributed by atoms with Gasteiger partial charge in [-0.25, -0.2) is 4.79 Å². The van der Waals surface area contributed by atoms with E-state index in [4.69, 9.17) is 9.47 Å². The lowest BCUT2D eigenvalue weighted by atomic mass is 9.76. The van der Waals surface area contributed by atoms with E-state index in [-0.39, 0.29) is 37.2 Å². The van der Waals surface area contributed by atoms with Crippen molar-refractivity contribution in [3.8, 4) is 6.07 Å². The fourth-order valence-corrected chi connectivity index (χ4v) is 3.25. The highest BCUT2D eigenvalue weighted by molar-refractivity contribution is 6.43. The minimum Gasteiger partial charge on any atom is -0.447 e. The second kappa shape index (κ2) is 11.7. The molecule has 2 rings (SSSR count). The third-order valence-corrected chi connectivity index (χ3v) is 4.78. The number of carbonyl (C=O) groups is 2. The molecular weight excluding hydrogens is 413 g/mol. The van der Waals surface area contributed by atoms with Gasteiger partial charge in [0.2, 0.25) is 0 Å². The van der Waals surface area contributed by atoms with Crippen molar-refractivity contribution < 1.29 is 29.1 Å². The molecule has 1 aromatic carbocycles. The summed E-state index contributed by atoms with van der Waals surface area (Å²) in [5.74, 6) is -1.40. The van der Waals surface area contributed by atoms with Crippen LogP contribution in [-0.4, -0.2) is 72.4 Å². The molecule has 1 fully saturated rings. The third-order valence-electron chi connectivity index (χ3n) is 4.78. The zero-order valence-corrected chi connectivity index (χ0v) is 18.7. The maximum Gasteiger partial charge on any atom is 0.475 e. The van der Waals surface area contributed by atoms with Gasteiger partial charge in [0.15, 0.2) is 0 Å². The average Bonchev–Trinajstić information content (AvgIpc) is 2.75. The highest BCUT2D eigenvalue weighted by Crippen LogP contribution is 2.20. The summed E-state index contributed by atoms with van der Waals surface area (Å²) in [6.07, 6.45) is 0.975. The fraction of sp³-hybridized carbons (Fsp3) is 0.500. The van der Waals surface area contributed by atoms with Gasteiger partial charge in [-0.3, -0.25) is 4.79 Å². The number of benzene rings is 1. The Morgan fingerprint density at radius 1 is 1.38 bits per heavy atom. The Morgan fingerprint density at radius 2 is 2.06 bits per heavy atom. The summed E-state index contributed by atoms with van der Waals surface area (Å²) in [5.41, 5.74) is 0.496. The predicted octanol–water partition coefficient (Wildman–Crippen LogP) is 1.06. The summed E-state index contributed by atoms with van der Waals surface area (Å²) in [4.78, 5) is 26.6. The van der Waals surface area contributed by atoms with Crippen LogP contribution in [0.5, 0.6) is 0 Å². The van der Waals surface area contributed by atoms with Crippen LogP contribution in [-0.2, 0) is 20.7 Å². The van der Waals surface area contributed by atoms with Gasteiger partial charge in [0.1, 0.15) is 18.2 Å². The van der Waals surface area contributed by atoms with E-state index in [1.165, 1.54) is 4.90 Å². The van der Waals surface area contributed by atoms with Crippen LogP contribution in [0.3, 0.4) is 0 Å². The van der Waals surface area contributed by atoms with Gasteiger partial charge in [-0.05, 0) is 17.4 Å². The normalized spacial score (nSPS) is 17.8. The second-order valence-electron chi connectivity index (χ2n) is 8.72. The number of morpholine rings is 1. The quantitative estimate of drug-likeness (QED) is 0.326. The van der Waals surface area contributed by atoms with Crippen molar-refractivity contribution in [3.05, 3.63) is 47.5 Å². The van der Waals surface area contributed by atoms with Gasteiger partial charge in [-0.15, -0.1) is 0 Å². The van der Waals surface area contributed by atoms with Gasteiger partial charge in [0.05, 0.1) is 25.2 Å². The Bertz CT molecular complexity index is 847. The number of nitrogens with zero attached hydrogens (tertiary/aromatic N) is 2. The largest absolute Gasteiger partial charge is 0.475 e. The maximum absolute atomic E-state index is 12.9. The van der Waals surface area contributed by atoms with Crippen molar-refractivity contribution in [2.45, 2.75) is 39.2 Å². The summed E-state index contributed by atoms with van der Waals surface area (Å²) in [6.45, 7) is 6.26. The van der Waals surface area contributed by atoms with Crippen molar-refractivity contribution in [3.63, 3.8) is 0 Å². The molecule has 172 valence electrons. The highest BCUT2D eigenvalue weighted by Gasteiger charge is 2.32. The standard InChI is InChI=1S/C22H30BN3O6/c1-22(2,3)12-17(13-24)20(27)26-9-10-31-14-18(26)15-32-21(28)25-19(23(29)30)11-16-7-5-4-6-8-16/h4-8,12,18-19,29-30H,9-11,14-15H2,1-3H3,(H,25,28)/t18-,19?/m1/s1. The Hall–Kier alpha value is -2.87. The van der Waals surface area contributed by atoms with Crippen LogP contribution in [0.15, 0.2) is 42.0 Å². The topological polar surface area (TPSA) is 132 Å². The third kappa shape index (κ3) is 8.00. The number of ether oxygens (including phenoxy) is 2. The van der Waals surface area contributed by atoms with E-state index in [1.54, 1.807) is 6.08 Å². The van der Waals surface area contributed by atoms with Gasteiger partial charge in [0, 0.05) is 6.54 Å². The first-order valence-electron chi connectivity index (χ1n) is 10.5. The van der Waals surface area contributed by atoms with Gasteiger partial charge in [0.25, 0.3) is 5.91 Å². The Balaban J connectivity index is 1.99. The highest BCUT2D eigenvalue weighted by atomic mass is 16.6. The molecule has 10 heteroatoms. The molecule has 1 aliphatic heterocycles. The Labute approximate surface area is 188 Å². The summed E-state index contributed by atoms with van der Waals surface area (Å²) >= 11 is 0. The number of alkyl carbamates (subject to hydrolysis) is 1. The lowest BCUT2D eigenvalue weighted by Crippen LogP contribution is -2.53. The molecule has 0 radical (unpaired) electrons. The zero-order chi connectivity index (χ0) is 23.7. The monoisotopic (exact) mass is 443 g/mol. The summed E-state index contributed by atoms with van der Waals surface area (Å²) < 4.78 is 10.7. The van der Waals surface area contributed by atoms with E-state index < -0.39 is 31.1 Å². The second-order valence-corrected chi connectivity index (χ2v) is 8.72. The summed E-state index contributed by atoms with van der Waals surface area (Å²) in [7, 11) is -1.78. The molecule has 2 atom stereocenters. The molecule has 0 aliphatic carbocycles. The lowest BCUT2D eigenvalue weighted by molar-refractivity contribution is -0.137. The fourth-order valence-electron chi connectivity index (χ4n) is 3.25. The van der Waals surface area contributed by atoms with Crippen LogP contribution in [0, 0.1) is 16.7 Å². The zero-order valence-electron chi connectivity index (χ0n) is 18.7. The Kier molecular flexibility index (Phi) is 9.26. The van der Waals surface area contributed by atoms with E-state index in [2.05, 4.69) is 5.32 Å². The van der Waals surface area contributed by atoms with Crippen molar-refractivity contribution >= 4 is 19.1 Å². The molecule has 0 bridgehead atoms. The number of carbonyl (C=O) groups excluding carboxylic acids is 2. The number of nitrogens with one attached hydrogen (secondary N) is 1. The van der Waals surface area contributed by atoms with Crippen molar-refractivity contribution in [2.75, 3.05) is 26.4 Å². The summed E-state index contributed by atoms with van der Waals surface area (Å²) in [6, 6.07) is 10.5. The van der Waals surface area contributed by atoms with Gasteiger partial charge in [-0.1, -0.05) is 57.2 Å². The molecule has 1 aliphatic rings. The van der Waals surface area contributed by atoms with Crippen LogP contribution in [0.4, 0.5) is 4.79 Å². The van der Waals surface area contributed by atoms with E-state index in [0.29, 0.717) is 6.61 Å². The first kappa shape index (κ1) is 25.4. The molecule has 3 N–H and O–H groups in total. The molecule has 32 heavy (non-hydrogen) atoms. The van der Waals surface area contributed by atoms with Crippen LogP contribution in [0.25, 0.3) is 0 Å². The maximum atomic E-state index is 12.9. The number of amides is 2. The Morgan fingerprint density at radius 3 is 2.66 bits per heavy atom. The predicted molar refractivity (Wildman–Crippen MR) is 118 cm³/mol. The van der Waals surface area contributed by atoms with Crippen LogP contribution in [0.1, 0.15) is 26.3 Å². The molecule has 2 amide bonds. The number of allylic oxidation sites excluding steroid dienone is 1. The van der Waals surface area contributed by atoms with E-state index in [9.17, 15) is 24.9 Å². The molecule has 1 aromatic rings. The minimum absolute atomic E-state index is 0.0279. The molecule has 1 heterocycles. The molecular formula is C22H30BN3O6. The number of nitriles is 1. The van der Waals surface area contributed by atoms with Crippen LogP contribution < -0.4 is 5.32 Å². The minimum atomic E-state index is -1.78. The van der Waals surface area contributed by atoms with E-state index in [0.717, 1.165) is 5.56 Å². The number of hydrogen-bond donors (Lipinski definition) is 3. The van der Waals surface area contributed by atoms with Crippen molar-refractivity contribution in [2.24, 2.45) is 5.41 Å². The molecule has 0 spiro atoms. The first-order valence-corrected chi connectivity index (χ1v) is 10.5. The van der Waals surface area contributed by atoms with Crippen LogP contribution >= 0.6 is 0 Å². The van der Waals surface area contributed by atoms with E-state index in [1.807, 2.05) is 57.2 Å². The lowest BCUT2D eigenvalue weighted by Gasteiger charge is -2.35. The van der Waals surface area contributed by atoms with Crippen molar-refractivity contribution in [1.82, 2.24) is 10.2 Å². The van der Waals surface area contributed by atoms with Gasteiger partial charge >= 0.3 is 13.2 Å². The molecule has 0 aromatic heterocycles.